The Kier molecular flexibility index (Phi) is 5.02. The van der Waals surface area contributed by atoms with Crippen molar-refractivity contribution < 1.29 is 14.0 Å². The number of nitrogens with one attached hydrogen (secondary N) is 2. The number of benzene rings is 1. The lowest BCUT2D eigenvalue weighted by Crippen LogP contribution is -2.35. The van der Waals surface area contributed by atoms with E-state index in [-0.39, 0.29) is 17.9 Å². The largest absolute Gasteiger partial charge is 0.352 e. The summed E-state index contributed by atoms with van der Waals surface area (Å²) < 4.78 is 13.8. The van der Waals surface area contributed by atoms with Crippen molar-refractivity contribution in [2.24, 2.45) is 5.73 Å². The summed E-state index contributed by atoms with van der Waals surface area (Å²) >= 11 is 0. The van der Waals surface area contributed by atoms with E-state index in [2.05, 4.69) is 15.6 Å². The number of primary amides is 1. The maximum absolute atomic E-state index is 13.8. The Hall–Kier alpha value is -2.96. The Labute approximate surface area is 126 Å². The normalized spacial score (nSPS) is 11.5. The zero-order valence-corrected chi connectivity index (χ0v) is 11.6. The van der Waals surface area contributed by atoms with Crippen LogP contribution in [0.5, 0.6) is 0 Å². The average Bonchev–Trinajstić information content (AvgIpc) is 2.47. The van der Waals surface area contributed by atoms with Crippen LogP contribution in [0.1, 0.15) is 18.0 Å². The Morgan fingerprint density at radius 1 is 1.18 bits per heavy atom. The number of urea groups is 1. The fraction of sp³-hybridized carbons (Fsp3) is 0.133. The van der Waals surface area contributed by atoms with Gasteiger partial charge >= 0.3 is 6.03 Å². The first kappa shape index (κ1) is 15.4. The highest BCUT2D eigenvalue weighted by molar-refractivity contribution is 5.91. The number of rotatable bonds is 5. The van der Waals surface area contributed by atoms with Crippen LogP contribution in [0.25, 0.3) is 0 Å². The van der Waals surface area contributed by atoms with E-state index in [1.807, 2.05) is 0 Å². The van der Waals surface area contributed by atoms with Gasteiger partial charge in [0.25, 0.3) is 0 Å². The monoisotopic (exact) mass is 302 g/mol. The van der Waals surface area contributed by atoms with E-state index in [1.54, 1.807) is 18.2 Å². The van der Waals surface area contributed by atoms with Gasteiger partial charge in [-0.25, -0.2) is 9.18 Å². The molecule has 0 unspecified atom stereocenters. The van der Waals surface area contributed by atoms with Crippen LogP contribution in [0.2, 0.25) is 0 Å². The molecule has 2 aromatic rings. The number of pyridine rings is 1. The van der Waals surface area contributed by atoms with Crippen molar-refractivity contribution >= 4 is 17.6 Å². The lowest BCUT2D eigenvalue weighted by Gasteiger charge is -2.18. The van der Waals surface area contributed by atoms with Crippen LogP contribution in [0.4, 0.5) is 14.9 Å². The molecule has 6 nitrogen and oxygen atoms in total. The highest BCUT2D eigenvalue weighted by Crippen LogP contribution is 2.20. The second kappa shape index (κ2) is 7.16. The van der Waals surface area contributed by atoms with Gasteiger partial charge in [-0.05, 0) is 18.2 Å². The highest BCUT2D eigenvalue weighted by Gasteiger charge is 2.20. The van der Waals surface area contributed by atoms with Gasteiger partial charge in [0.1, 0.15) is 5.82 Å². The first-order valence-corrected chi connectivity index (χ1v) is 6.56. The van der Waals surface area contributed by atoms with Gasteiger partial charge in [0, 0.05) is 23.6 Å². The number of aromatic nitrogens is 1. The SMILES string of the molecule is NC(=O)N[C@@H](CC(=O)Nc1ccncc1)c1ccccc1F. The highest BCUT2D eigenvalue weighted by atomic mass is 19.1. The standard InChI is InChI=1S/C15H15FN4O2/c16-12-4-2-1-3-11(12)13(20-15(17)22)9-14(21)19-10-5-7-18-8-6-10/h1-8,13H,9H2,(H3,17,20,22)(H,18,19,21)/t13-/m0/s1. The summed E-state index contributed by atoms with van der Waals surface area (Å²) in [4.78, 5) is 27.0. The number of nitrogens with two attached hydrogens (primary N) is 1. The van der Waals surface area contributed by atoms with E-state index < -0.39 is 17.9 Å². The van der Waals surface area contributed by atoms with Gasteiger partial charge < -0.3 is 16.4 Å². The Morgan fingerprint density at radius 3 is 2.50 bits per heavy atom. The molecule has 0 saturated carbocycles. The lowest BCUT2D eigenvalue weighted by molar-refractivity contribution is -0.116. The summed E-state index contributed by atoms with van der Waals surface area (Å²) in [5.74, 6) is -0.897. The molecule has 0 aliphatic carbocycles. The summed E-state index contributed by atoms with van der Waals surface area (Å²) in [7, 11) is 0. The molecule has 114 valence electrons. The molecular formula is C15H15FN4O2. The van der Waals surface area contributed by atoms with Crippen LogP contribution in [0.15, 0.2) is 48.8 Å². The number of halogens is 1. The fourth-order valence-corrected chi connectivity index (χ4v) is 2.00. The fourth-order valence-electron chi connectivity index (χ4n) is 2.00. The third-order valence-electron chi connectivity index (χ3n) is 2.95. The van der Waals surface area contributed by atoms with E-state index in [0.29, 0.717) is 5.69 Å². The molecule has 1 atom stereocenters. The Morgan fingerprint density at radius 2 is 1.86 bits per heavy atom. The van der Waals surface area contributed by atoms with E-state index >= 15 is 0 Å². The van der Waals surface area contributed by atoms with Crippen LogP contribution in [-0.4, -0.2) is 16.9 Å². The Bertz CT molecular complexity index is 664. The third-order valence-corrected chi connectivity index (χ3v) is 2.95. The van der Waals surface area contributed by atoms with Crippen molar-refractivity contribution in [3.05, 3.63) is 60.2 Å². The summed E-state index contributed by atoms with van der Waals surface area (Å²) in [6, 6.07) is 7.47. The van der Waals surface area contributed by atoms with Crippen LogP contribution >= 0.6 is 0 Å². The number of nitrogens with zero attached hydrogens (tertiary/aromatic N) is 1. The number of anilines is 1. The molecule has 0 bridgehead atoms. The van der Waals surface area contributed by atoms with E-state index in [9.17, 15) is 14.0 Å². The molecule has 0 aliphatic heterocycles. The van der Waals surface area contributed by atoms with Gasteiger partial charge in [0.2, 0.25) is 5.91 Å². The van der Waals surface area contributed by atoms with Crippen molar-refractivity contribution in [2.75, 3.05) is 5.32 Å². The van der Waals surface area contributed by atoms with E-state index in [1.165, 1.54) is 30.6 Å². The molecule has 1 aromatic carbocycles. The maximum atomic E-state index is 13.8. The predicted octanol–water partition coefficient (Wildman–Crippen LogP) is 1.96. The minimum Gasteiger partial charge on any atom is -0.352 e. The van der Waals surface area contributed by atoms with Crippen molar-refractivity contribution in [1.29, 1.82) is 0 Å². The van der Waals surface area contributed by atoms with Crippen LogP contribution < -0.4 is 16.4 Å². The van der Waals surface area contributed by atoms with Crippen molar-refractivity contribution in [3.8, 4) is 0 Å². The van der Waals surface area contributed by atoms with Crippen LogP contribution in [-0.2, 0) is 4.79 Å². The van der Waals surface area contributed by atoms with Crippen molar-refractivity contribution in [3.63, 3.8) is 0 Å². The van der Waals surface area contributed by atoms with Crippen LogP contribution in [0.3, 0.4) is 0 Å². The first-order valence-electron chi connectivity index (χ1n) is 6.56. The summed E-state index contributed by atoms with van der Waals surface area (Å²) in [6.45, 7) is 0. The second-order valence-electron chi connectivity index (χ2n) is 4.57. The minimum absolute atomic E-state index is 0.147. The minimum atomic E-state index is -0.847. The molecule has 0 fully saturated rings. The molecule has 0 saturated heterocycles. The average molecular weight is 302 g/mol. The predicted molar refractivity (Wildman–Crippen MR) is 79.3 cm³/mol. The number of amides is 3. The van der Waals surface area contributed by atoms with E-state index in [4.69, 9.17) is 5.73 Å². The molecule has 0 spiro atoms. The molecule has 1 aromatic heterocycles. The quantitative estimate of drug-likeness (QED) is 0.787. The van der Waals surface area contributed by atoms with Gasteiger partial charge in [-0.1, -0.05) is 18.2 Å². The Balaban J connectivity index is 2.11. The van der Waals surface area contributed by atoms with Crippen molar-refractivity contribution in [2.45, 2.75) is 12.5 Å². The number of hydrogen-bond acceptors (Lipinski definition) is 3. The first-order chi connectivity index (χ1) is 10.6. The van der Waals surface area contributed by atoms with Gasteiger partial charge in [-0.2, -0.15) is 0 Å². The summed E-state index contributed by atoms with van der Waals surface area (Å²) in [5.41, 5.74) is 5.86. The van der Waals surface area contributed by atoms with E-state index in [0.717, 1.165) is 0 Å². The smallest absolute Gasteiger partial charge is 0.312 e. The second-order valence-corrected chi connectivity index (χ2v) is 4.57. The van der Waals surface area contributed by atoms with Gasteiger partial charge in [-0.15, -0.1) is 0 Å². The number of carbonyl (C=O) groups is 2. The molecule has 22 heavy (non-hydrogen) atoms. The molecule has 7 heteroatoms. The van der Waals surface area contributed by atoms with Crippen LogP contribution in [0, 0.1) is 5.82 Å². The van der Waals surface area contributed by atoms with Gasteiger partial charge in [0.15, 0.2) is 0 Å². The zero-order valence-electron chi connectivity index (χ0n) is 11.6. The van der Waals surface area contributed by atoms with Crippen molar-refractivity contribution in [1.82, 2.24) is 10.3 Å². The summed E-state index contributed by atoms with van der Waals surface area (Å²) in [6.07, 6.45) is 2.92. The molecule has 4 N–H and O–H groups in total. The lowest BCUT2D eigenvalue weighted by atomic mass is 10.0. The zero-order chi connectivity index (χ0) is 15.9. The number of hydrogen-bond donors (Lipinski definition) is 3. The molecule has 0 aliphatic rings. The molecule has 2 rings (SSSR count). The topological polar surface area (TPSA) is 97.1 Å². The molecule has 3 amide bonds. The molecular weight excluding hydrogens is 287 g/mol. The van der Waals surface area contributed by atoms with Gasteiger partial charge in [-0.3, -0.25) is 9.78 Å². The molecule has 0 radical (unpaired) electrons. The summed E-state index contributed by atoms with van der Waals surface area (Å²) in [5, 5.41) is 5.02. The molecule has 1 heterocycles. The van der Waals surface area contributed by atoms with Gasteiger partial charge in [0.05, 0.1) is 12.5 Å². The maximum Gasteiger partial charge on any atom is 0.312 e. The number of carbonyl (C=O) groups excluding carboxylic acids is 2. The third kappa shape index (κ3) is 4.27.